The van der Waals surface area contributed by atoms with Crippen molar-refractivity contribution in [1.29, 1.82) is 0 Å². The number of benzene rings is 1. The van der Waals surface area contributed by atoms with Crippen molar-refractivity contribution in [2.75, 3.05) is 24.6 Å². The molecular formula is C24H33N3O3. The van der Waals surface area contributed by atoms with Gasteiger partial charge in [-0.05, 0) is 81.8 Å². The number of aromatic nitrogens is 2. The third-order valence-electron chi connectivity index (χ3n) is 5.71. The largest absolute Gasteiger partial charge is 0.490 e. The molecule has 0 amide bonds. The molecule has 0 radical (unpaired) electrons. The van der Waals surface area contributed by atoms with Crippen molar-refractivity contribution < 1.29 is 14.3 Å². The molecule has 0 spiro atoms. The summed E-state index contributed by atoms with van der Waals surface area (Å²) in [6.45, 7) is 8.42. The SMILES string of the molecule is CCCCc1ccc(N2CCC(C(C)Oc3ccc(C(=O)OCC)cc3)CC2)nn1. The van der Waals surface area contributed by atoms with E-state index in [-0.39, 0.29) is 12.1 Å². The van der Waals surface area contributed by atoms with Crippen LogP contribution in [-0.4, -0.2) is 42.0 Å². The van der Waals surface area contributed by atoms with Crippen molar-refractivity contribution in [2.45, 2.75) is 59.0 Å². The Morgan fingerprint density at radius 2 is 1.83 bits per heavy atom. The number of carbonyl (C=O) groups is 1. The van der Waals surface area contributed by atoms with Crippen molar-refractivity contribution >= 4 is 11.8 Å². The van der Waals surface area contributed by atoms with Crippen LogP contribution in [0.2, 0.25) is 0 Å². The van der Waals surface area contributed by atoms with Crippen molar-refractivity contribution in [3.8, 4) is 5.75 Å². The lowest BCUT2D eigenvalue weighted by atomic mass is 9.92. The van der Waals surface area contributed by atoms with Crippen LogP contribution in [-0.2, 0) is 11.2 Å². The van der Waals surface area contributed by atoms with Gasteiger partial charge in [0, 0.05) is 13.1 Å². The number of piperidine rings is 1. The van der Waals surface area contributed by atoms with Crippen molar-refractivity contribution in [1.82, 2.24) is 10.2 Å². The van der Waals surface area contributed by atoms with Gasteiger partial charge in [0.05, 0.1) is 24.0 Å². The van der Waals surface area contributed by atoms with Crippen LogP contribution >= 0.6 is 0 Å². The highest BCUT2D eigenvalue weighted by atomic mass is 16.5. The van der Waals surface area contributed by atoms with E-state index in [1.54, 1.807) is 19.1 Å². The monoisotopic (exact) mass is 411 g/mol. The minimum atomic E-state index is -0.300. The molecule has 1 fully saturated rings. The Bertz CT molecular complexity index is 784. The molecule has 0 saturated carbocycles. The Morgan fingerprint density at radius 3 is 2.43 bits per heavy atom. The van der Waals surface area contributed by atoms with Gasteiger partial charge in [0.15, 0.2) is 5.82 Å². The highest BCUT2D eigenvalue weighted by molar-refractivity contribution is 5.89. The average Bonchev–Trinajstić information content (AvgIpc) is 2.79. The number of hydrogen-bond donors (Lipinski definition) is 0. The van der Waals surface area contributed by atoms with Crippen LogP contribution in [0.3, 0.4) is 0 Å². The standard InChI is InChI=1S/C24H33N3O3/c1-4-6-7-21-10-13-23(26-25-21)27-16-14-19(15-17-27)18(3)30-22-11-8-20(9-12-22)24(28)29-5-2/h8-13,18-19H,4-7,14-17H2,1-3H3. The van der Waals surface area contributed by atoms with E-state index in [9.17, 15) is 4.79 Å². The van der Waals surface area contributed by atoms with Gasteiger partial charge in [-0.1, -0.05) is 13.3 Å². The quantitative estimate of drug-likeness (QED) is 0.558. The van der Waals surface area contributed by atoms with Gasteiger partial charge in [-0.15, -0.1) is 5.10 Å². The van der Waals surface area contributed by atoms with E-state index in [4.69, 9.17) is 9.47 Å². The van der Waals surface area contributed by atoms with Crippen LogP contribution in [0.25, 0.3) is 0 Å². The number of esters is 1. The van der Waals surface area contributed by atoms with Crippen LogP contribution in [0.4, 0.5) is 5.82 Å². The Kier molecular flexibility index (Phi) is 8.05. The first kappa shape index (κ1) is 22.1. The number of hydrogen-bond acceptors (Lipinski definition) is 6. The van der Waals surface area contributed by atoms with Gasteiger partial charge in [0.25, 0.3) is 0 Å². The molecule has 162 valence electrons. The third-order valence-corrected chi connectivity index (χ3v) is 5.71. The molecule has 2 aromatic rings. The first-order valence-electron chi connectivity index (χ1n) is 11.1. The van der Waals surface area contributed by atoms with Crippen LogP contribution in [0.1, 0.15) is 62.5 Å². The number of rotatable bonds is 9. The van der Waals surface area contributed by atoms with Gasteiger partial charge in [0.2, 0.25) is 0 Å². The fraction of sp³-hybridized carbons (Fsp3) is 0.542. The summed E-state index contributed by atoms with van der Waals surface area (Å²) >= 11 is 0. The highest BCUT2D eigenvalue weighted by Crippen LogP contribution is 2.27. The zero-order chi connectivity index (χ0) is 21.3. The molecule has 2 heterocycles. The number of unbranched alkanes of at least 4 members (excludes halogenated alkanes) is 1. The zero-order valence-electron chi connectivity index (χ0n) is 18.3. The van der Waals surface area contributed by atoms with Gasteiger partial charge in [-0.2, -0.15) is 5.10 Å². The average molecular weight is 412 g/mol. The molecule has 1 aromatic carbocycles. The van der Waals surface area contributed by atoms with E-state index >= 15 is 0 Å². The summed E-state index contributed by atoms with van der Waals surface area (Å²) in [5.74, 6) is 1.94. The minimum absolute atomic E-state index is 0.114. The summed E-state index contributed by atoms with van der Waals surface area (Å²) in [7, 11) is 0. The van der Waals surface area contributed by atoms with E-state index in [0.29, 0.717) is 18.1 Å². The predicted octanol–water partition coefficient (Wildman–Crippen LogP) is 4.68. The molecule has 3 rings (SSSR count). The molecule has 30 heavy (non-hydrogen) atoms. The van der Waals surface area contributed by atoms with Crippen LogP contribution in [0.5, 0.6) is 5.75 Å². The first-order chi connectivity index (χ1) is 14.6. The predicted molar refractivity (Wildman–Crippen MR) is 118 cm³/mol. The number of ether oxygens (including phenoxy) is 2. The zero-order valence-corrected chi connectivity index (χ0v) is 18.3. The summed E-state index contributed by atoms with van der Waals surface area (Å²) in [5.41, 5.74) is 1.62. The Labute approximate surface area is 179 Å². The molecule has 1 aliphatic heterocycles. The molecule has 1 aromatic heterocycles. The fourth-order valence-corrected chi connectivity index (χ4v) is 3.81. The van der Waals surface area contributed by atoms with Crippen LogP contribution in [0, 0.1) is 5.92 Å². The number of anilines is 1. The summed E-state index contributed by atoms with van der Waals surface area (Å²) in [6.07, 6.45) is 5.56. The fourth-order valence-electron chi connectivity index (χ4n) is 3.81. The first-order valence-corrected chi connectivity index (χ1v) is 11.1. The van der Waals surface area contributed by atoms with Gasteiger partial charge in [-0.25, -0.2) is 4.79 Å². The maximum absolute atomic E-state index is 11.8. The van der Waals surface area contributed by atoms with E-state index in [1.165, 1.54) is 6.42 Å². The van der Waals surface area contributed by atoms with Gasteiger partial charge >= 0.3 is 5.97 Å². The molecule has 6 heteroatoms. The molecule has 1 saturated heterocycles. The summed E-state index contributed by atoms with van der Waals surface area (Å²) in [4.78, 5) is 14.1. The highest BCUT2D eigenvalue weighted by Gasteiger charge is 2.26. The smallest absolute Gasteiger partial charge is 0.338 e. The summed E-state index contributed by atoms with van der Waals surface area (Å²) in [5, 5.41) is 8.82. The normalized spacial score (nSPS) is 15.6. The number of aryl methyl sites for hydroxylation is 1. The van der Waals surface area contributed by atoms with E-state index < -0.39 is 0 Å². The molecular weight excluding hydrogens is 378 g/mol. The lowest BCUT2D eigenvalue weighted by molar-refractivity contribution is 0.0526. The number of nitrogens with zero attached hydrogens (tertiary/aromatic N) is 3. The lowest BCUT2D eigenvalue weighted by Gasteiger charge is -2.35. The van der Waals surface area contributed by atoms with Crippen molar-refractivity contribution in [3.05, 3.63) is 47.7 Å². The molecule has 0 aliphatic carbocycles. The summed E-state index contributed by atoms with van der Waals surface area (Å²) < 4.78 is 11.2. The number of carbonyl (C=O) groups excluding carboxylic acids is 1. The lowest BCUT2D eigenvalue weighted by Crippen LogP contribution is -2.39. The Balaban J connectivity index is 1.48. The molecule has 1 unspecified atom stereocenters. The molecule has 1 atom stereocenters. The molecule has 1 aliphatic rings. The molecule has 0 N–H and O–H groups in total. The second-order valence-corrected chi connectivity index (χ2v) is 7.88. The Hall–Kier alpha value is -2.63. The van der Waals surface area contributed by atoms with E-state index in [0.717, 1.165) is 56.0 Å². The maximum atomic E-state index is 11.8. The van der Waals surface area contributed by atoms with Crippen molar-refractivity contribution in [2.24, 2.45) is 5.92 Å². The molecule has 0 bridgehead atoms. The summed E-state index contributed by atoms with van der Waals surface area (Å²) in [6, 6.07) is 11.4. The van der Waals surface area contributed by atoms with Gasteiger partial charge in [-0.3, -0.25) is 0 Å². The van der Waals surface area contributed by atoms with Crippen LogP contribution < -0.4 is 9.64 Å². The molecule has 6 nitrogen and oxygen atoms in total. The van der Waals surface area contributed by atoms with Crippen LogP contribution in [0.15, 0.2) is 36.4 Å². The Morgan fingerprint density at radius 1 is 1.10 bits per heavy atom. The van der Waals surface area contributed by atoms with Gasteiger partial charge < -0.3 is 14.4 Å². The minimum Gasteiger partial charge on any atom is -0.490 e. The second-order valence-electron chi connectivity index (χ2n) is 7.88. The second kappa shape index (κ2) is 11.0. The van der Waals surface area contributed by atoms with E-state index in [1.807, 2.05) is 12.1 Å². The maximum Gasteiger partial charge on any atom is 0.338 e. The van der Waals surface area contributed by atoms with E-state index in [2.05, 4.69) is 41.1 Å². The third kappa shape index (κ3) is 5.94. The van der Waals surface area contributed by atoms with Gasteiger partial charge in [0.1, 0.15) is 5.75 Å². The topological polar surface area (TPSA) is 64.5 Å². The van der Waals surface area contributed by atoms with Crippen molar-refractivity contribution in [3.63, 3.8) is 0 Å².